The summed E-state index contributed by atoms with van der Waals surface area (Å²) in [6.45, 7) is 13.7. The van der Waals surface area contributed by atoms with Crippen LogP contribution in [0.15, 0.2) is 0 Å². The lowest BCUT2D eigenvalue weighted by Crippen LogP contribution is -2.55. The van der Waals surface area contributed by atoms with Gasteiger partial charge in [-0.2, -0.15) is 0 Å². The van der Waals surface area contributed by atoms with Crippen molar-refractivity contribution >= 4 is 22.5 Å². The average molecular weight is 354 g/mol. The van der Waals surface area contributed by atoms with Crippen molar-refractivity contribution in [2.75, 3.05) is 25.0 Å². The molecule has 2 N–H and O–H groups in total. The smallest absolute Gasteiger partial charge is 0.321 e. The summed E-state index contributed by atoms with van der Waals surface area (Å²) < 4.78 is 0. The molecular weight excluding hydrogens is 322 g/mol. The van der Waals surface area contributed by atoms with Crippen LogP contribution in [0.2, 0.25) is 0 Å². The maximum atomic E-state index is 12.1. The maximum Gasteiger partial charge on any atom is 0.321 e. The summed E-state index contributed by atoms with van der Waals surface area (Å²) in [6.07, 6.45) is 3.80. The minimum atomic E-state index is -0.210. The largest absolute Gasteiger partial charge is 0.336 e. The highest BCUT2D eigenvalue weighted by atomic mass is 32.1. The van der Waals surface area contributed by atoms with Crippen LogP contribution in [0.3, 0.4) is 0 Å². The molecule has 1 aliphatic heterocycles. The first-order valence-electron chi connectivity index (χ1n) is 8.95. The van der Waals surface area contributed by atoms with Crippen molar-refractivity contribution in [1.29, 1.82) is 0 Å². The highest BCUT2D eigenvalue weighted by molar-refractivity contribution is 7.15. The normalized spacial score (nSPS) is 19.5. The van der Waals surface area contributed by atoms with E-state index in [1.807, 2.05) is 0 Å². The number of nitrogens with one attached hydrogen (secondary N) is 2. The highest BCUT2D eigenvalue weighted by Crippen LogP contribution is 2.25. The molecule has 7 heteroatoms. The van der Waals surface area contributed by atoms with Gasteiger partial charge in [-0.25, -0.2) is 4.79 Å². The summed E-state index contributed by atoms with van der Waals surface area (Å²) >= 11 is 1.43. The lowest BCUT2D eigenvalue weighted by atomic mass is 9.91. The number of anilines is 1. The third-order valence-corrected chi connectivity index (χ3v) is 5.93. The maximum absolute atomic E-state index is 12.1. The summed E-state index contributed by atoms with van der Waals surface area (Å²) in [5.74, 6) is 1.10. The number of carbonyl (C=O) groups is 1. The number of rotatable bonds is 6. The van der Waals surface area contributed by atoms with Crippen LogP contribution < -0.4 is 10.6 Å². The van der Waals surface area contributed by atoms with Gasteiger partial charge in [0.1, 0.15) is 5.01 Å². The number of nitrogens with zero attached hydrogens (tertiary/aromatic N) is 3. The first kappa shape index (κ1) is 19.1. The standard InChI is InChI=1S/C17H31N5OS/c1-6-13-8-7-9-22(10-13)17(4,5)11-18-15(23)19-16-21-20-14(24-16)12(2)3/h12-13H,6-11H2,1-5H3,(H2,18,19,21,23)/t13-/m1/s1. The second-order valence-corrected chi connectivity index (χ2v) is 8.59. The van der Waals surface area contributed by atoms with Gasteiger partial charge < -0.3 is 5.32 Å². The van der Waals surface area contributed by atoms with Crippen LogP contribution in [0.5, 0.6) is 0 Å². The Bertz CT molecular complexity index is 543. The van der Waals surface area contributed by atoms with E-state index >= 15 is 0 Å². The molecule has 24 heavy (non-hydrogen) atoms. The Labute approximate surface area is 149 Å². The van der Waals surface area contributed by atoms with Gasteiger partial charge in [0, 0.05) is 24.5 Å². The number of likely N-dealkylation sites (tertiary alicyclic amines) is 1. The molecule has 0 aliphatic carbocycles. The molecule has 2 heterocycles. The molecule has 2 rings (SSSR count). The molecule has 0 unspecified atom stereocenters. The van der Waals surface area contributed by atoms with E-state index < -0.39 is 0 Å². The predicted molar refractivity (Wildman–Crippen MR) is 99.7 cm³/mol. The summed E-state index contributed by atoms with van der Waals surface area (Å²) in [4.78, 5) is 14.6. The fraction of sp³-hybridized carbons (Fsp3) is 0.824. The molecule has 1 fully saturated rings. The van der Waals surface area contributed by atoms with Crippen LogP contribution in [0, 0.1) is 5.92 Å². The van der Waals surface area contributed by atoms with Gasteiger partial charge in [-0.1, -0.05) is 38.5 Å². The molecule has 1 atom stereocenters. The molecule has 136 valence electrons. The van der Waals surface area contributed by atoms with Gasteiger partial charge in [0.15, 0.2) is 0 Å². The minimum absolute atomic E-state index is 0.0462. The molecule has 0 saturated carbocycles. The van der Waals surface area contributed by atoms with E-state index in [4.69, 9.17) is 0 Å². The van der Waals surface area contributed by atoms with Crippen molar-refractivity contribution in [3.8, 4) is 0 Å². The first-order valence-corrected chi connectivity index (χ1v) is 9.76. The lowest BCUT2D eigenvalue weighted by molar-refractivity contribution is 0.0669. The minimum Gasteiger partial charge on any atom is -0.336 e. The molecular formula is C17H31N5OS. The zero-order valence-corrected chi connectivity index (χ0v) is 16.4. The molecule has 2 amide bonds. The summed E-state index contributed by atoms with van der Waals surface area (Å²) in [7, 11) is 0. The fourth-order valence-corrected chi connectivity index (χ4v) is 3.76. The van der Waals surface area contributed by atoms with E-state index in [1.54, 1.807) is 0 Å². The van der Waals surface area contributed by atoms with Crippen LogP contribution in [0.4, 0.5) is 9.93 Å². The van der Waals surface area contributed by atoms with Crippen molar-refractivity contribution in [2.45, 2.75) is 65.3 Å². The van der Waals surface area contributed by atoms with Crippen LogP contribution in [0.1, 0.15) is 64.8 Å². The Balaban J connectivity index is 1.83. The van der Waals surface area contributed by atoms with Gasteiger partial charge in [0.25, 0.3) is 0 Å². The van der Waals surface area contributed by atoms with Gasteiger partial charge in [0.2, 0.25) is 5.13 Å². The van der Waals surface area contributed by atoms with E-state index in [-0.39, 0.29) is 11.6 Å². The van der Waals surface area contributed by atoms with Crippen molar-refractivity contribution in [1.82, 2.24) is 20.4 Å². The molecule has 1 saturated heterocycles. The average Bonchev–Trinajstić information content (AvgIpc) is 3.02. The second kappa shape index (κ2) is 8.25. The Morgan fingerprint density at radius 3 is 2.79 bits per heavy atom. The van der Waals surface area contributed by atoms with Gasteiger partial charge in [-0.3, -0.25) is 10.2 Å². The van der Waals surface area contributed by atoms with Crippen LogP contribution in [-0.4, -0.2) is 46.3 Å². The van der Waals surface area contributed by atoms with Gasteiger partial charge in [-0.05, 0) is 39.2 Å². The summed E-state index contributed by atoms with van der Waals surface area (Å²) in [5, 5.41) is 15.4. The molecule has 0 radical (unpaired) electrons. The first-order chi connectivity index (χ1) is 11.3. The number of hydrogen-bond acceptors (Lipinski definition) is 5. The number of piperidine rings is 1. The molecule has 1 aromatic heterocycles. The Hall–Kier alpha value is -1.21. The lowest BCUT2D eigenvalue weighted by Gasteiger charge is -2.43. The zero-order valence-electron chi connectivity index (χ0n) is 15.6. The molecule has 1 aliphatic rings. The van der Waals surface area contributed by atoms with E-state index in [1.165, 1.54) is 30.6 Å². The topological polar surface area (TPSA) is 70.2 Å². The zero-order chi connectivity index (χ0) is 17.7. The summed E-state index contributed by atoms with van der Waals surface area (Å²) in [6, 6.07) is -0.210. The Kier molecular flexibility index (Phi) is 6.57. The van der Waals surface area contributed by atoms with E-state index in [0.717, 1.165) is 24.0 Å². The van der Waals surface area contributed by atoms with Gasteiger partial charge in [0.05, 0.1) is 0 Å². The third kappa shape index (κ3) is 5.14. The van der Waals surface area contributed by atoms with Gasteiger partial charge >= 0.3 is 6.03 Å². The molecule has 0 bridgehead atoms. The molecule has 6 nitrogen and oxygen atoms in total. The third-order valence-electron chi connectivity index (χ3n) is 4.79. The predicted octanol–water partition coefficient (Wildman–Crippen LogP) is 3.68. The van der Waals surface area contributed by atoms with Crippen molar-refractivity contribution in [3.63, 3.8) is 0 Å². The van der Waals surface area contributed by atoms with Crippen LogP contribution >= 0.6 is 11.3 Å². The number of hydrogen-bond donors (Lipinski definition) is 2. The van der Waals surface area contributed by atoms with E-state index in [9.17, 15) is 4.79 Å². The van der Waals surface area contributed by atoms with E-state index in [2.05, 4.69) is 60.3 Å². The number of amides is 2. The number of aromatic nitrogens is 2. The molecule has 0 spiro atoms. The van der Waals surface area contributed by atoms with Gasteiger partial charge in [-0.15, -0.1) is 10.2 Å². The number of carbonyl (C=O) groups excluding carboxylic acids is 1. The van der Waals surface area contributed by atoms with Crippen LogP contribution in [0.25, 0.3) is 0 Å². The SMILES string of the molecule is CC[C@@H]1CCCN(C(C)(C)CNC(=O)Nc2nnc(C(C)C)s2)C1. The quantitative estimate of drug-likeness (QED) is 0.818. The molecule has 1 aromatic rings. The second-order valence-electron chi connectivity index (χ2n) is 7.58. The number of urea groups is 1. The Morgan fingerprint density at radius 2 is 2.17 bits per heavy atom. The molecule has 0 aromatic carbocycles. The van der Waals surface area contributed by atoms with Crippen molar-refractivity contribution < 1.29 is 4.79 Å². The summed E-state index contributed by atoms with van der Waals surface area (Å²) in [5.41, 5.74) is -0.0462. The Morgan fingerprint density at radius 1 is 1.42 bits per heavy atom. The van der Waals surface area contributed by atoms with Crippen LogP contribution in [-0.2, 0) is 0 Å². The van der Waals surface area contributed by atoms with Crippen molar-refractivity contribution in [2.24, 2.45) is 5.92 Å². The van der Waals surface area contributed by atoms with E-state index in [0.29, 0.717) is 17.6 Å². The monoisotopic (exact) mass is 353 g/mol. The van der Waals surface area contributed by atoms with Crippen molar-refractivity contribution in [3.05, 3.63) is 5.01 Å². The fourth-order valence-electron chi connectivity index (χ4n) is 3.02. The highest BCUT2D eigenvalue weighted by Gasteiger charge is 2.31.